The Hall–Kier alpha value is -1.61. The van der Waals surface area contributed by atoms with Crippen molar-refractivity contribution in [3.8, 4) is 11.3 Å². The number of aliphatic hydroxyl groups excluding tert-OH is 1. The first kappa shape index (κ1) is 9.60. The van der Waals surface area contributed by atoms with Gasteiger partial charge in [-0.3, -0.25) is 0 Å². The molecule has 3 heteroatoms. The van der Waals surface area contributed by atoms with Crippen LogP contribution in [0.1, 0.15) is 24.9 Å². The van der Waals surface area contributed by atoms with Gasteiger partial charge < -0.3 is 9.67 Å². The smallest absolute Gasteiger partial charge is 0.0957 e. The summed E-state index contributed by atoms with van der Waals surface area (Å²) in [4.78, 5) is 4.16. The number of hydrogen-bond acceptors (Lipinski definition) is 2. The van der Waals surface area contributed by atoms with Crippen molar-refractivity contribution in [1.82, 2.24) is 9.55 Å². The molecule has 16 heavy (non-hydrogen) atoms. The largest absolute Gasteiger partial charge is 0.391 e. The van der Waals surface area contributed by atoms with Gasteiger partial charge in [0, 0.05) is 5.56 Å². The van der Waals surface area contributed by atoms with Crippen molar-refractivity contribution in [2.45, 2.75) is 25.5 Å². The van der Waals surface area contributed by atoms with Crippen LogP contribution in [-0.2, 0) is 0 Å². The molecule has 0 fully saturated rings. The van der Waals surface area contributed by atoms with E-state index < -0.39 is 0 Å². The predicted molar refractivity (Wildman–Crippen MR) is 62.1 cm³/mol. The summed E-state index contributed by atoms with van der Waals surface area (Å²) in [6.07, 6.45) is 4.06. The molecule has 0 amide bonds. The van der Waals surface area contributed by atoms with Crippen LogP contribution in [0.5, 0.6) is 0 Å². The van der Waals surface area contributed by atoms with Crippen LogP contribution in [-0.4, -0.2) is 20.8 Å². The number of rotatable bonds is 2. The lowest BCUT2D eigenvalue weighted by molar-refractivity contribution is 0.129. The number of hydrogen-bond donors (Lipinski definition) is 1. The molecule has 0 saturated carbocycles. The van der Waals surface area contributed by atoms with Crippen molar-refractivity contribution in [3.63, 3.8) is 0 Å². The Bertz CT molecular complexity index is 518. The molecule has 2 aromatic rings. The Balaban J connectivity index is 2.21. The highest BCUT2D eigenvalue weighted by molar-refractivity contribution is 5.69. The van der Waals surface area contributed by atoms with Crippen molar-refractivity contribution >= 4 is 0 Å². The Kier molecular flexibility index (Phi) is 2.07. The quantitative estimate of drug-likeness (QED) is 0.832. The zero-order chi connectivity index (χ0) is 11.1. The van der Waals surface area contributed by atoms with Crippen molar-refractivity contribution < 1.29 is 5.11 Å². The molecule has 0 radical (unpaired) electrons. The Labute approximate surface area is 94.4 Å². The standard InChI is InChI=1S/C13H14N2O/c1-2-12(16)13-10-6-4-3-5-9(10)11-7-14-8-15(11)13/h3-8,12-13,16H,2H2,1H3/t12-,13+/m0/s1. The number of fused-ring (bicyclic) bond motifs is 3. The second kappa shape index (κ2) is 3.46. The highest BCUT2D eigenvalue weighted by Gasteiger charge is 2.32. The number of imidazole rings is 1. The average molecular weight is 214 g/mol. The van der Waals surface area contributed by atoms with Gasteiger partial charge in [-0.2, -0.15) is 0 Å². The fourth-order valence-corrected chi connectivity index (χ4v) is 2.49. The molecule has 0 spiro atoms. The molecular weight excluding hydrogens is 200 g/mol. The molecule has 1 N–H and O–H groups in total. The van der Waals surface area contributed by atoms with E-state index in [1.807, 2.05) is 25.3 Å². The second-order valence-electron chi connectivity index (χ2n) is 4.19. The first-order chi connectivity index (χ1) is 7.83. The predicted octanol–water partition coefficient (Wildman–Crippen LogP) is 2.22. The Morgan fingerprint density at radius 3 is 3.06 bits per heavy atom. The zero-order valence-corrected chi connectivity index (χ0v) is 9.17. The molecule has 1 aliphatic rings. The molecule has 0 unspecified atom stereocenters. The third-order valence-corrected chi connectivity index (χ3v) is 3.30. The first-order valence-electron chi connectivity index (χ1n) is 5.62. The Morgan fingerprint density at radius 1 is 1.44 bits per heavy atom. The first-order valence-corrected chi connectivity index (χ1v) is 5.62. The third kappa shape index (κ3) is 1.15. The second-order valence-corrected chi connectivity index (χ2v) is 4.19. The van der Waals surface area contributed by atoms with E-state index in [0.717, 1.165) is 12.1 Å². The lowest BCUT2D eigenvalue weighted by Gasteiger charge is -2.19. The summed E-state index contributed by atoms with van der Waals surface area (Å²) >= 11 is 0. The van der Waals surface area contributed by atoms with Gasteiger partial charge in [0.05, 0.1) is 30.4 Å². The molecular formula is C13H14N2O. The minimum absolute atomic E-state index is 0.0266. The minimum Gasteiger partial charge on any atom is -0.391 e. The van der Waals surface area contributed by atoms with Crippen LogP contribution in [0.2, 0.25) is 0 Å². The van der Waals surface area contributed by atoms with Gasteiger partial charge in [-0.1, -0.05) is 31.2 Å². The molecule has 0 aliphatic carbocycles. The van der Waals surface area contributed by atoms with Crippen LogP contribution in [0, 0.1) is 0 Å². The number of aromatic nitrogens is 2. The van der Waals surface area contributed by atoms with E-state index >= 15 is 0 Å². The van der Waals surface area contributed by atoms with Gasteiger partial charge in [0.1, 0.15) is 0 Å². The monoisotopic (exact) mass is 214 g/mol. The number of nitrogens with zero attached hydrogens (tertiary/aromatic N) is 2. The van der Waals surface area contributed by atoms with E-state index in [1.54, 1.807) is 6.33 Å². The topological polar surface area (TPSA) is 38.1 Å². The van der Waals surface area contributed by atoms with Crippen LogP contribution >= 0.6 is 0 Å². The normalized spacial score (nSPS) is 19.2. The lowest BCUT2D eigenvalue weighted by atomic mass is 9.98. The molecule has 3 nitrogen and oxygen atoms in total. The molecule has 1 aromatic carbocycles. The van der Waals surface area contributed by atoms with E-state index in [2.05, 4.69) is 21.7 Å². The molecule has 1 aromatic heterocycles. The van der Waals surface area contributed by atoms with E-state index in [1.165, 1.54) is 11.1 Å². The summed E-state index contributed by atoms with van der Waals surface area (Å²) in [6, 6.07) is 8.25. The van der Waals surface area contributed by atoms with E-state index in [4.69, 9.17) is 0 Å². The van der Waals surface area contributed by atoms with Gasteiger partial charge in [-0.05, 0) is 12.0 Å². The van der Waals surface area contributed by atoms with Crippen LogP contribution in [0.15, 0.2) is 36.8 Å². The minimum atomic E-state index is -0.350. The van der Waals surface area contributed by atoms with Crippen LogP contribution in [0.25, 0.3) is 11.3 Å². The Morgan fingerprint density at radius 2 is 2.25 bits per heavy atom. The fraction of sp³-hybridized carbons (Fsp3) is 0.308. The van der Waals surface area contributed by atoms with Crippen LogP contribution in [0.4, 0.5) is 0 Å². The van der Waals surface area contributed by atoms with Crippen molar-refractivity contribution in [1.29, 1.82) is 0 Å². The van der Waals surface area contributed by atoms with Crippen molar-refractivity contribution in [2.75, 3.05) is 0 Å². The summed E-state index contributed by atoms with van der Waals surface area (Å²) in [7, 11) is 0. The van der Waals surface area contributed by atoms with E-state index in [-0.39, 0.29) is 12.1 Å². The summed E-state index contributed by atoms with van der Waals surface area (Å²) in [5, 5.41) is 10.1. The lowest BCUT2D eigenvalue weighted by Crippen LogP contribution is -2.21. The highest BCUT2D eigenvalue weighted by atomic mass is 16.3. The van der Waals surface area contributed by atoms with Gasteiger partial charge >= 0.3 is 0 Å². The molecule has 0 bridgehead atoms. The zero-order valence-electron chi connectivity index (χ0n) is 9.17. The van der Waals surface area contributed by atoms with Gasteiger partial charge in [-0.15, -0.1) is 0 Å². The maximum atomic E-state index is 10.1. The number of aliphatic hydroxyl groups is 1. The molecule has 82 valence electrons. The van der Waals surface area contributed by atoms with Gasteiger partial charge in [0.2, 0.25) is 0 Å². The maximum absolute atomic E-state index is 10.1. The third-order valence-electron chi connectivity index (χ3n) is 3.30. The van der Waals surface area contributed by atoms with E-state index in [9.17, 15) is 5.11 Å². The fourth-order valence-electron chi connectivity index (χ4n) is 2.49. The summed E-state index contributed by atoms with van der Waals surface area (Å²) < 4.78 is 2.07. The molecule has 2 atom stereocenters. The summed E-state index contributed by atoms with van der Waals surface area (Å²) in [5.74, 6) is 0. The average Bonchev–Trinajstić information content (AvgIpc) is 2.87. The number of benzene rings is 1. The van der Waals surface area contributed by atoms with Gasteiger partial charge in [-0.25, -0.2) is 4.98 Å². The SMILES string of the molecule is CC[C@H](O)[C@H]1c2ccccc2-c2cncn21. The molecule has 2 heterocycles. The van der Waals surface area contributed by atoms with Crippen molar-refractivity contribution in [3.05, 3.63) is 42.4 Å². The van der Waals surface area contributed by atoms with Crippen molar-refractivity contribution in [2.24, 2.45) is 0 Å². The molecule has 1 aliphatic heterocycles. The maximum Gasteiger partial charge on any atom is 0.0957 e. The van der Waals surface area contributed by atoms with Crippen LogP contribution in [0.3, 0.4) is 0 Å². The molecule has 3 rings (SSSR count). The highest BCUT2D eigenvalue weighted by Crippen LogP contribution is 2.40. The van der Waals surface area contributed by atoms with Gasteiger partial charge in [0.15, 0.2) is 0 Å². The van der Waals surface area contributed by atoms with E-state index in [0.29, 0.717) is 0 Å². The summed E-state index contributed by atoms with van der Waals surface area (Å²) in [5.41, 5.74) is 3.50. The van der Waals surface area contributed by atoms with Crippen LogP contribution < -0.4 is 0 Å². The molecule has 0 saturated heterocycles. The van der Waals surface area contributed by atoms with Gasteiger partial charge in [0.25, 0.3) is 0 Å². The summed E-state index contributed by atoms with van der Waals surface area (Å²) in [6.45, 7) is 2.00.